The molecule has 1 amide bonds. The van der Waals surface area contributed by atoms with Gasteiger partial charge < -0.3 is 9.42 Å². The Kier molecular flexibility index (Phi) is 3.56. The largest absolute Gasteiger partial charge is 0.340 e. The highest BCUT2D eigenvalue weighted by molar-refractivity contribution is 5.87. The lowest BCUT2D eigenvalue weighted by atomic mass is 10.1. The molecule has 0 aliphatic carbocycles. The molecule has 0 aromatic carbocycles. The minimum Gasteiger partial charge on any atom is -0.340 e. The van der Waals surface area contributed by atoms with Gasteiger partial charge >= 0.3 is 0 Å². The molecule has 5 heteroatoms. The van der Waals surface area contributed by atoms with Gasteiger partial charge in [-0.2, -0.15) is 4.98 Å². The molecule has 92 valence electrons. The molecule has 0 N–H and O–H groups in total. The predicted molar refractivity (Wildman–Crippen MR) is 62.2 cm³/mol. The average Bonchev–Trinajstić information content (AvgIpc) is 2.63. The highest BCUT2D eigenvalue weighted by Gasteiger charge is 2.28. The maximum atomic E-state index is 11.8. The van der Waals surface area contributed by atoms with Crippen molar-refractivity contribution in [2.24, 2.45) is 0 Å². The number of aromatic nitrogens is 2. The smallest absolute Gasteiger partial charge is 0.246 e. The molecule has 0 radical (unpaired) electrons. The summed E-state index contributed by atoms with van der Waals surface area (Å²) >= 11 is 0. The van der Waals surface area contributed by atoms with Crippen molar-refractivity contribution in [2.75, 3.05) is 6.54 Å². The van der Waals surface area contributed by atoms with E-state index in [0.717, 1.165) is 32.2 Å². The number of likely N-dealkylation sites (tertiary alicyclic amines) is 1. The lowest BCUT2D eigenvalue weighted by molar-refractivity contribution is -0.128. The van der Waals surface area contributed by atoms with Gasteiger partial charge in [0, 0.05) is 13.5 Å². The highest BCUT2D eigenvalue weighted by Crippen LogP contribution is 2.28. The molecule has 1 saturated heterocycles. The normalized spacial score (nSPS) is 21.0. The fourth-order valence-corrected chi connectivity index (χ4v) is 2.21. The Morgan fingerprint density at radius 2 is 2.35 bits per heavy atom. The number of carbonyl (C=O) groups excluding carboxylic acids is 1. The minimum absolute atomic E-state index is 0.0562. The van der Waals surface area contributed by atoms with Gasteiger partial charge in [0.1, 0.15) is 0 Å². The fraction of sp³-hybridized carbons (Fsp3) is 0.583. The number of nitrogens with zero attached hydrogens (tertiary/aromatic N) is 3. The molecule has 1 aliphatic rings. The first-order valence-electron chi connectivity index (χ1n) is 5.95. The van der Waals surface area contributed by atoms with Gasteiger partial charge in [0.15, 0.2) is 5.82 Å². The number of amides is 1. The summed E-state index contributed by atoms with van der Waals surface area (Å²) < 4.78 is 5.00. The van der Waals surface area contributed by atoms with Crippen molar-refractivity contribution < 1.29 is 9.32 Å². The molecule has 2 heterocycles. The van der Waals surface area contributed by atoms with Crippen molar-refractivity contribution in [2.45, 2.75) is 38.6 Å². The predicted octanol–water partition coefficient (Wildman–Crippen LogP) is 2.01. The van der Waals surface area contributed by atoms with Crippen LogP contribution in [-0.2, 0) is 4.79 Å². The van der Waals surface area contributed by atoms with Crippen LogP contribution in [0.2, 0.25) is 0 Å². The SMILES string of the molecule is C=CC(=O)N1CCCCCC1c1noc(C)n1. The number of rotatable bonds is 2. The molecule has 1 atom stereocenters. The molecule has 0 spiro atoms. The maximum Gasteiger partial charge on any atom is 0.246 e. The first-order valence-corrected chi connectivity index (χ1v) is 5.95. The molecule has 2 rings (SSSR count). The van der Waals surface area contributed by atoms with Gasteiger partial charge in [0.2, 0.25) is 11.8 Å². The minimum atomic E-state index is -0.0690. The van der Waals surface area contributed by atoms with Crippen molar-refractivity contribution in [1.82, 2.24) is 15.0 Å². The molecule has 1 aromatic rings. The van der Waals surface area contributed by atoms with E-state index in [-0.39, 0.29) is 11.9 Å². The summed E-state index contributed by atoms with van der Waals surface area (Å²) in [4.78, 5) is 17.9. The number of carbonyl (C=O) groups is 1. The van der Waals surface area contributed by atoms with Crippen LogP contribution < -0.4 is 0 Å². The lowest BCUT2D eigenvalue weighted by Gasteiger charge is -2.26. The second kappa shape index (κ2) is 5.12. The van der Waals surface area contributed by atoms with E-state index in [1.807, 2.05) is 0 Å². The van der Waals surface area contributed by atoms with Crippen LogP contribution in [0.25, 0.3) is 0 Å². The zero-order valence-electron chi connectivity index (χ0n) is 10.1. The first-order chi connectivity index (χ1) is 8.22. The molecule has 1 aromatic heterocycles. The second-order valence-corrected chi connectivity index (χ2v) is 4.27. The Labute approximate surface area is 100 Å². The molecule has 1 fully saturated rings. The Morgan fingerprint density at radius 1 is 1.53 bits per heavy atom. The fourth-order valence-electron chi connectivity index (χ4n) is 2.21. The lowest BCUT2D eigenvalue weighted by Crippen LogP contribution is -2.34. The van der Waals surface area contributed by atoms with Crippen LogP contribution in [0.1, 0.15) is 43.4 Å². The summed E-state index contributed by atoms with van der Waals surface area (Å²) in [6.07, 6.45) is 5.48. The standard InChI is InChI=1S/C12H17N3O2/c1-3-11(16)15-8-6-4-5-7-10(15)12-13-9(2)17-14-12/h3,10H,1,4-8H2,2H3. The highest BCUT2D eigenvalue weighted by atomic mass is 16.5. The van der Waals surface area contributed by atoms with E-state index in [1.54, 1.807) is 11.8 Å². The molecule has 0 saturated carbocycles. The van der Waals surface area contributed by atoms with E-state index in [0.29, 0.717) is 11.7 Å². The van der Waals surface area contributed by atoms with Gasteiger partial charge in [-0.25, -0.2) is 0 Å². The van der Waals surface area contributed by atoms with Crippen LogP contribution in [0, 0.1) is 6.92 Å². The van der Waals surface area contributed by atoms with Crippen LogP contribution in [0.15, 0.2) is 17.2 Å². The van der Waals surface area contributed by atoms with Crippen molar-refractivity contribution in [3.05, 3.63) is 24.4 Å². The van der Waals surface area contributed by atoms with Gasteiger partial charge in [-0.15, -0.1) is 0 Å². The van der Waals surface area contributed by atoms with Crippen molar-refractivity contribution >= 4 is 5.91 Å². The third-order valence-electron chi connectivity index (χ3n) is 3.05. The Balaban J connectivity index is 2.25. The van der Waals surface area contributed by atoms with Gasteiger partial charge in [-0.05, 0) is 18.9 Å². The average molecular weight is 235 g/mol. The zero-order valence-corrected chi connectivity index (χ0v) is 10.1. The van der Waals surface area contributed by atoms with Gasteiger partial charge in [-0.1, -0.05) is 24.6 Å². The quantitative estimate of drug-likeness (QED) is 0.736. The van der Waals surface area contributed by atoms with Gasteiger partial charge in [0.25, 0.3) is 0 Å². The van der Waals surface area contributed by atoms with E-state index >= 15 is 0 Å². The number of hydrogen-bond donors (Lipinski definition) is 0. The Hall–Kier alpha value is -1.65. The summed E-state index contributed by atoms with van der Waals surface area (Å²) in [5.41, 5.74) is 0. The van der Waals surface area contributed by atoms with Crippen LogP contribution in [0.4, 0.5) is 0 Å². The second-order valence-electron chi connectivity index (χ2n) is 4.27. The van der Waals surface area contributed by atoms with Crippen LogP contribution in [-0.4, -0.2) is 27.5 Å². The van der Waals surface area contributed by atoms with Crippen LogP contribution in [0.3, 0.4) is 0 Å². The van der Waals surface area contributed by atoms with E-state index < -0.39 is 0 Å². The summed E-state index contributed by atoms with van der Waals surface area (Å²) in [6.45, 7) is 6.04. The van der Waals surface area contributed by atoms with Crippen LogP contribution in [0.5, 0.6) is 0 Å². The number of hydrogen-bond acceptors (Lipinski definition) is 4. The van der Waals surface area contributed by atoms with Crippen molar-refractivity contribution in [1.29, 1.82) is 0 Å². The Morgan fingerprint density at radius 3 is 3.00 bits per heavy atom. The summed E-state index contributed by atoms with van der Waals surface area (Å²) in [7, 11) is 0. The monoisotopic (exact) mass is 235 g/mol. The molecule has 0 bridgehead atoms. The summed E-state index contributed by atoms with van der Waals surface area (Å²) in [5, 5.41) is 3.93. The molecule has 1 aliphatic heterocycles. The molecule has 17 heavy (non-hydrogen) atoms. The van der Waals surface area contributed by atoms with E-state index in [1.165, 1.54) is 6.08 Å². The number of aryl methyl sites for hydroxylation is 1. The summed E-state index contributed by atoms with van der Waals surface area (Å²) in [6, 6.07) is -0.0690. The van der Waals surface area contributed by atoms with Gasteiger partial charge in [-0.3, -0.25) is 4.79 Å². The molecule has 1 unspecified atom stereocenters. The van der Waals surface area contributed by atoms with Gasteiger partial charge in [0.05, 0.1) is 6.04 Å². The van der Waals surface area contributed by atoms with E-state index in [2.05, 4.69) is 16.7 Å². The molecular weight excluding hydrogens is 218 g/mol. The van der Waals surface area contributed by atoms with Crippen LogP contribution >= 0.6 is 0 Å². The van der Waals surface area contributed by atoms with E-state index in [9.17, 15) is 4.79 Å². The van der Waals surface area contributed by atoms with Crippen molar-refractivity contribution in [3.8, 4) is 0 Å². The van der Waals surface area contributed by atoms with E-state index in [4.69, 9.17) is 4.52 Å². The Bertz CT molecular complexity index is 414. The topological polar surface area (TPSA) is 59.2 Å². The zero-order chi connectivity index (χ0) is 12.3. The third kappa shape index (κ3) is 2.54. The third-order valence-corrected chi connectivity index (χ3v) is 3.05. The maximum absolute atomic E-state index is 11.8. The first kappa shape index (κ1) is 11.8. The van der Waals surface area contributed by atoms with Crippen molar-refractivity contribution in [3.63, 3.8) is 0 Å². The molecule has 5 nitrogen and oxygen atoms in total. The molecular formula is C12H17N3O2. The summed E-state index contributed by atoms with van der Waals surface area (Å²) in [5.74, 6) is 1.09.